The second-order valence-corrected chi connectivity index (χ2v) is 4.57. The number of hydrogen-bond donors (Lipinski definition) is 2. The molecule has 0 aliphatic rings. The van der Waals surface area contributed by atoms with Crippen molar-refractivity contribution in [2.45, 2.75) is 45.3 Å². The number of rotatable bonds is 6. The van der Waals surface area contributed by atoms with Crippen LogP contribution in [0, 0.1) is 0 Å². The molecule has 0 aromatic heterocycles. The van der Waals surface area contributed by atoms with Gasteiger partial charge in [0.25, 0.3) is 0 Å². The smallest absolute Gasteiger partial charge is 0.119 e. The minimum absolute atomic E-state index is 0.180. The van der Waals surface area contributed by atoms with Gasteiger partial charge in [0.1, 0.15) is 5.75 Å². The SMILES string of the molecule is CCOc1ccc(C(C)CC(O)C(C)N)cc1. The van der Waals surface area contributed by atoms with Crippen LogP contribution in [-0.4, -0.2) is 23.9 Å². The number of hydrogen-bond acceptors (Lipinski definition) is 3. The van der Waals surface area contributed by atoms with Gasteiger partial charge >= 0.3 is 0 Å². The first kappa shape index (κ1) is 14.0. The van der Waals surface area contributed by atoms with Gasteiger partial charge in [-0.3, -0.25) is 0 Å². The van der Waals surface area contributed by atoms with Gasteiger partial charge in [-0.15, -0.1) is 0 Å². The average Bonchev–Trinajstić information content (AvgIpc) is 2.30. The second-order valence-electron chi connectivity index (χ2n) is 4.57. The lowest BCUT2D eigenvalue weighted by atomic mass is 9.93. The van der Waals surface area contributed by atoms with Crippen molar-refractivity contribution in [3.63, 3.8) is 0 Å². The third kappa shape index (κ3) is 4.36. The fourth-order valence-corrected chi connectivity index (χ4v) is 1.77. The fraction of sp³-hybridized carbons (Fsp3) is 0.571. The predicted molar refractivity (Wildman–Crippen MR) is 70.3 cm³/mol. The Morgan fingerprint density at radius 3 is 2.29 bits per heavy atom. The number of ether oxygens (including phenoxy) is 1. The molecule has 3 nitrogen and oxygen atoms in total. The van der Waals surface area contributed by atoms with Gasteiger partial charge in [0, 0.05) is 6.04 Å². The van der Waals surface area contributed by atoms with Gasteiger partial charge < -0.3 is 15.6 Å². The lowest BCUT2D eigenvalue weighted by molar-refractivity contribution is 0.134. The Labute approximate surface area is 104 Å². The number of aliphatic hydroxyl groups excluding tert-OH is 1. The Morgan fingerprint density at radius 1 is 1.24 bits per heavy atom. The highest BCUT2D eigenvalue weighted by Gasteiger charge is 2.15. The maximum Gasteiger partial charge on any atom is 0.119 e. The molecule has 0 heterocycles. The van der Waals surface area contributed by atoms with Gasteiger partial charge in [0.05, 0.1) is 12.7 Å². The van der Waals surface area contributed by atoms with Crippen molar-refractivity contribution < 1.29 is 9.84 Å². The first-order chi connectivity index (χ1) is 8.04. The molecule has 17 heavy (non-hydrogen) atoms. The normalized spacial score (nSPS) is 16.3. The predicted octanol–water partition coefficient (Wildman–Crippen LogP) is 2.29. The molecule has 96 valence electrons. The molecule has 1 aromatic rings. The number of aliphatic hydroxyl groups is 1. The zero-order chi connectivity index (χ0) is 12.8. The van der Waals surface area contributed by atoms with E-state index in [9.17, 15) is 5.11 Å². The first-order valence-corrected chi connectivity index (χ1v) is 6.21. The minimum Gasteiger partial charge on any atom is -0.494 e. The summed E-state index contributed by atoms with van der Waals surface area (Å²) in [7, 11) is 0. The summed E-state index contributed by atoms with van der Waals surface area (Å²) < 4.78 is 5.39. The Morgan fingerprint density at radius 2 is 1.82 bits per heavy atom. The third-order valence-corrected chi connectivity index (χ3v) is 2.96. The highest BCUT2D eigenvalue weighted by atomic mass is 16.5. The molecule has 1 rings (SSSR count). The van der Waals surface area contributed by atoms with E-state index in [1.54, 1.807) is 0 Å². The van der Waals surface area contributed by atoms with E-state index >= 15 is 0 Å². The van der Waals surface area contributed by atoms with Gasteiger partial charge in [-0.1, -0.05) is 19.1 Å². The molecular weight excluding hydrogens is 214 g/mol. The Hall–Kier alpha value is -1.06. The zero-order valence-corrected chi connectivity index (χ0v) is 10.9. The monoisotopic (exact) mass is 237 g/mol. The van der Waals surface area contributed by atoms with E-state index in [2.05, 4.69) is 6.92 Å². The molecule has 3 N–H and O–H groups in total. The Bertz CT molecular complexity index is 321. The lowest BCUT2D eigenvalue weighted by Crippen LogP contribution is -2.32. The molecular formula is C14H23NO2. The summed E-state index contributed by atoms with van der Waals surface area (Å²) in [6.07, 6.45) is 0.239. The van der Waals surface area contributed by atoms with Crippen molar-refractivity contribution in [3.05, 3.63) is 29.8 Å². The van der Waals surface area contributed by atoms with Crippen LogP contribution in [0.15, 0.2) is 24.3 Å². The quantitative estimate of drug-likeness (QED) is 0.798. The van der Waals surface area contributed by atoms with Crippen LogP contribution in [0.4, 0.5) is 0 Å². The summed E-state index contributed by atoms with van der Waals surface area (Å²) in [4.78, 5) is 0. The maximum atomic E-state index is 9.75. The summed E-state index contributed by atoms with van der Waals surface area (Å²) >= 11 is 0. The van der Waals surface area contributed by atoms with Crippen LogP contribution in [0.1, 0.15) is 38.7 Å². The van der Waals surface area contributed by atoms with Gasteiger partial charge in [-0.2, -0.15) is 0 Å². The maximum absolute atomic E-state index is 9.75. The van der Waals surface area contributed by atoms with Gasteiger partial charge in [0.15, 0.2) is 0 Å². The molecule has 0 spiro atoms. The second kappa shape index (κ2) is 6.62. The van der Waals surface area contributed by atoms with Crippen LogP contribution in [0.25, 0.3) is 0 Å². The number of benzene rings is 1. The summed E-state index contributed by atoms with van der Waals surface area (Å²) in [5, 5.41) is 9.75. The van der Waals surface area contributed by atoms with Crippen LogP contribution in [0.2, 0.25) is 0 Å². The molecule has 3 unspecified atom stereocenters. The van der Waals surface area contributed by atoms with Crippen LogP contribution in [0.5, 0.6) is 5.75 Å². The van der Waals surface area contributed by atoms with Crippen molar-refractivity contribution in [3.8, 4) is 5.75 Å². The van der Waals surface area contributed by atoms with Crippen LogP contribution >= 0.6 is 0 Å². The van der Waals surface area contributed by atoms with E-state index in [1.165, 1.54) is 5.56 Å². The van der Waals surface area contributed by atoms with Crippen LogP contribution < -0.4 is 10.5 Å². The molecule has 0 saturated heterocycles. The lowest BCUT2D eigenvalue weighted by Gasteiger charge is -2.19. The van der Waals surface area contributed by atoms with Gasteiger partial charge in [-0.25, -0.2) is 0 Å². The van der Waals surface area contributed by atoms with Crippen LogP contribution in [0.3, 0.4) is 0 Å². The average molecular weight is 237 g/mol. The largest absolute Gasteiger partial charge is 0.494 e. The Kier molecular flexibility index (Phi) is 5.45. The molecule has 0 saturated carbocycles. The third-order valence-electron chi connectivity index (χ3n) is 2.96. The van der Waals surface area contributed by atoms with E-state index < -0.39 is 6.10 Å². The molecule has 0 bridgehead atoms. The summed E-state index contributed by atoms with van der Waals surface area (Å²) in [6, 6.07) is 7.84. The van der Waals surface area contributed by atoms with E-state index in [0.717, 1.165) is 5.75 Å². The molecule has 3 atom stereocenters. The van der Waals surface area contributed by atoms with E-state index in [1.807, 2.05) is 38.1 Å². The number of nitrogens with two attached hydrogens (primary N) is 1. The summed E-state index contributed by atoms with van der Waals surface area (Å²) in [6.45, 7) is 6.57. The van der Waals surface area contributed by atoms with Crippen molar-refractivity contribution in [1.82, 2.24) is 0 Å². The molecule has 0 aliphatic heterocycles. The Balaban J connectivity index is 2.60. The minimum atomic E-state index is -0.448. The van der Waals surface area contributed by atoms with Gasteiger partial charge in [-0.05, 0) is 43.9 Å². The van der Waals surface area contributed by atoms with Crippen molar-refractivity contribution >= 4 is 0 Å². The van der Waals surface area contributed by atoms with Crippen molar-refractivity contribution in [2.24, 2.45) is 5.73 Å². The summed E-state index contributed by atoms with van der Waals surface area (Å²) in [5.74, 6) is 1.18. The fourth-order valence-electron chi connectivity index (χ4n) is 1.77. The van der Waals surface area contributed by atoms with E-state index in [0.29, 0.717) is 18.9 Å². The topological polar surface area (TPSA) is 55.5 Å². The summed E-state index contributed by atoms with van der Waals surface area (Å²) in [5.41, 5.74) is 6.86. The highest BCUT2D eigenvalue weighted by Crippen LogP contribution is 2.23. The highest BCUT2D eigenvalue weighted by molar-refractivity contribution is 5.29. The van der Waals surface area contributed by atoms with Gasteiger partial charge in [0.2, 0.25) is 0 Å². The molecule has 0 amide bonds. The first-order valence-electron chi connectivity index (χ1n) is 6.21. The van der Waals surface area contributed by atoms with Crippen molar-refractivity contribution in [1.29, 1.82) is 0 Å². The molecule has 0 radical (unpaired) electrons. The van der Waals surface area contributed by atoms with Crippen LogP contribution in [-0.2, 0) is 0 Å². The zero-order valence-electron chi connectivity index (χ0n) is 10.9. The van der Waals surface area contributed by atoms with Crippen molar-refractivity contribution in [2.75, 3.05) is 6.61 Å². The molecule has 3 heteroatoms. The van der Waals surface area contributed by atoms with E-state index in [4.69, 9.17) is 10.5 Å². The molecule has 0 fully saturated rings. The molecule has 1 aromatic carbocycles. The molecule has 0 aliphatic carbocycles. The van der Waals surface area contributed by atoms with E-state index in [-0.39, 0.29) is 6.04 Å². The standard InChI is InChI=1S/C14H23NO2/c1-4-17-13-7-5-12(6-8-13)10(2)9-14(16)11(3)15/h5-8,10-11,14,16H,4,9,15H2,1-3H3.